The first-order valence-corrected chi connectivity index (χ1v) is 6.16. The molecule has 3 N–H and O–H groups in total. The summed E-state index contributed by atoms with van der Waals surface area (Å²) in [6.45, 7) is 3.37. The van der Waals surface area contributed by atoms with Crippen LogP contribution >= 0.6 is 0 Å². The van der Waals surface area contributed by atoms with E-state index in [0.29, 0.717) is 13.1 Å². The molecule has 1 atom stereocenters. The van der Waals surface area contributed by atoms with Crippen LogP contribution in [-0.2, 0) is 6.42 Å². The zero-order valence-corrected chi connectivity index (χ0v) is 9.94. The summed E-state index contributed by atoms with van der Waals surface area (Å²) >= 11 is 0. The molecule has 0 aromatic heterocycles. The van der Waals surface area contributed by atoms with E-state index in [0.717, 1.165) is 12.2 Å². The number of ether oxygens (including phenoxy) is 1. The number of benzene rings is 1. The van der Waals surface area contributed by atoms with Crippen molar-refractivity contribution in [3.05, 3.63) is 29.3 Å². The molecule has 0 saturated carbocycles. The van der Waals surface area contributed by atoms with Gasteiger partial charge in [-0.05, 0) is 30.2 Å². The second-order valence-electron chi connectivity index (χ2n) is 4.90. The molecule has 92 valence electrons. The molecule has 0 aliphatic carbocycles. The van der Waals surface area contributed by atoms with Gasteiger partial charge in [-0.1, -0.05) is 6.07 Å². The minimum absolute atomic E-state index is 0.139. The fraction of sp³-hybridized carbons (Fsp3) is 0.538. The molecule has 0 spiro atoms. The first-order chi connectivity index (χ1) is 8.22. The van der Waals surface area contributed by atoms with E-state index in [1.54, 1.807) is 0 Å². The van der Waals surface area contributed by atoms with E-state index in [2.05, 4.69) is 29.7 Å². The van der Waals surface area contributed by atoms with Gasteiger partial charge in [0.15, 0.2) is 0 Å². The van der Waals surface area contributed by atoms with E-state index in [1.165, 1.54) is 11.1 Å². The van der Waals surface area contributed by atoms with E-state index in [-0.39, 0.29) is 18.4 Å². The molecule has 4 heteroatoms. The Labute approximate surface area is 101 Å². The molecule has 2 aliphatic rings. The van der Waals surface area contributed by atoms with Gasteiger partial charge in [-0.2, -0.15) is 0 Å². The number of rotatable bonds is 1. The lowest BCUT2D eigenvalue weighted by molar-refractivity contribution is 0.129. The summed E-state index contributed by atoms with van der Waals surface area (Å²) in [6, 6.07) is 6.32. The van der Waals surface area contributed by atoms with Crippen LogP contribution in [0.1, 0.15) is 24.2 Å². The minimum atomic E-state index is -0.288. The highest BCUT2D eigenvalue weighted by molar-refractivity contribution is 5.41. The zero-order chi connectivity index (χ0) is 11.8. The Hall–Kier alpha value is -1.10. The highest BCUT2D eigenvalue weighted by Crippen LogP contribution is 2.30. The summed E-state index contributed by atoms with van der Waals surface area (Å²) in [5.41, 5.74) is 2.50. The van der Waals surface area contributed by atoms with Crippen LogP contribution < -0.4 is 15.4 Å². The molecule has 4 nitrogen and oxygen atoms in total. The predicted molar refractivity (Wildman–Crippen MR) is 65.0 cm³/mol. The van der Waals surface area contributed by atoms with E-state index in [1.807, 2.05) is 6.07 Å². The van der Waals surface area contributed by atoms with Crippen LogP contribution in [0.2, 0.25) is 0 Å². The standard InChI is InChI=1S/C13H18N2O2/c1-8-4-10-5-9(2-3-12(10)17-8)13-14-6-11(16)7-15-13/h2-3,5,8,11,13-16H,4,6-7H2,1H3. The van der Waals surface area contributed by atoms with E-state index in [4.69, 9.17) is 4.74 Å². The molecule has 0 radical (unpaired) electrons. The molecular formula is C13H18N2O2. The van der Waals surface area contributed by atoms with Gasteiger partial charge in [0.25, 0.3) is 0 Å². The van der Waals surface area contributed by atoms with Crippen molar-refractivity contribution >= 4 is 0 Å². The summed E-state index contributed by atoms with van der Waals surface area (Å²) in [4.78, 5) is 0. The van der Waals surface area contributed by atoms with Gasteiger partial charge in [0.1, 0.15) is 11.9 Å². The number of aliphatic hydroxyl groups is 1. The first kappa shape index (κ1) is 11.0. The predicted octanol–water partition coefficient (Wildman–Crippen LogP) is 0.562. The summed E-state index contributed by atoms with van der Waals surface area (Å²) in [6.07, 6.45) is 1.12. The molecule has 2 aliphatic heterocycles. The average molecular weight is 234 g/mol. The van der Waals surface area contributed by atoms with Crippen molar-refractivity contribution in [1.82, 2.24) is 10.6 Å². The smallest absolute Gasteiger partial charge is 0.123 e. The van der Waals surface area contributed by atoms with Crippen LogP contribution in [0, 0.1) is 0 Å². The Morgan fingerprint density at radius 3 is 2.82 bits per heavy atom. The third-order valence-corrected chi connectivity index (χ3v) is 3.37. The van der Waals surface area contributed by atoms with Crippen molar-refractivity contribution in [1.29, 1.82) is 0 Å². The number of hydrogen-bond donors (Lipinski definition) is 3. The van der Waals surface area contributed by atoms with Crippen molar-refractivity contribution in [3.8, 4) is 5.75 Å². The largest absolute Gasteiger partial charge is 0.490 e. The monoisotopic (exact) mass is 234 g/mol. The Morgan fingerprint density at radius 2 is 2.06 bits per heavy atom. The first-order valence-electron chi connectivity index (χ1n) is 6.16. The van der Waals surface area contributed by atoms with Gasteiger partial charge < -0.3 is 9.84 Å². The van der Waals surface area contributed by atoms with Crippen LogP contribution in [-0.4, -0.2) is 30.4 Å². The Bertz CT molecular complexity index is 414. The lowest BCUT2D eigenvalue weighted by atomic mass is 10.0. The maximum Gasteiger partial charge on any atom is 0.123 e. The molecule has 3 rings (SSSR count). The summed E-state index contributed by atoms with van der Waals surface area (Å²) in [7, 11) is 0. The highest BCUT2D eigenvalue weighted by atomic mass is 16.5. The summed E-state index contributed by atoms with van der Waals surface area (Å²) < 4.78 is 5.69. The number of β-amino-alcohol motifs (C(OH)–C–C–N with tert-alkyl or cyclic N) is 1. The van der Waals surface area contributed by atoms with Crippen LogP contribution in [0.25, 0.3) is 0 Å². The maximum atomic E-state index is 9.42. The molecule has 0 bridgehead atoms. The van der Waals surface area contributed by atoms with Gasteiger partial charge in [0.2, 0.25) is 0 Å². The zero-order valence-electron chi connectivity index (χ0n) is 9.94. The Balaban J connectivity index is 1.78. The summed E-state index contributed by atoms with van der Waals surface area (Å²) in [5, 5.41) is 16.0. The van der Waals surface area contributed by atoms with Crippen molar-refractivity contribution in [3.63, 3.8) is 0 Å². The van der Waals surface area contributed by atoms with Gasteiger partial charge in [-0.25, -0.2) is 0 Å². The van der Waals surface area contributed by atoms with E-state index in [9.17, 15) is 5.11 Å². The number of aliphatic hydroxyl groups excluding tert-OH is 1. The van der Waals surface area contributed by atoms with Crippen molar-refractivity contribution in [2.24, 2.45) is 0 Å². The number of fused-ring (bicyclic) bond motifs is 1. The SMILES string of the molecule is CC1Cc2cc(C3NCC(O)CN3)ccc2O1. The van der Waals surface area contributed by atoms with Gasteiger partial charge in [-0.3, -0.25) is 10.6 Å². The molecule has 1 unspecified atom stereocenters. The van der Waals surface area contributed by atoms with Crippen LogP contribution in [0.4, 0.5) is 0 Å². The second-order valence-corrected chi connectivity index (χ2v) is 4.90. The van der Waals surface area contributed by atoms with Gasteiger partial charge in [0.05, 0.1) is 12.3 Å². The molecule has 0 amide bonds. The molecular weight excluding hydrogens is 216 g/mol. The lowest BCUT2D eigenvalue weighted by Gasteiger charge is -2.29. The van der Waals surface area contributed by atoms with Gasteiger partial charge in [0, 0.05) is 19.5 Å². The number of hydrogen-bond acceptors (Lipinski definition) is 4. The molecule has 1 aromatic rings. The molecule has 2 heterocycles. The maximum absolute atomic E-state index is 9.42. The third kappa shape index (κ3) is 2.16. The lowest BCUT2D eigenvalue weighted by Crippen LogP contribution is -2.49. The van der Waals surface area contributed by atoms with Crippen molar-refractivity contribution < 1.29 is 9.84 Å². The van der Waals surface area contributed by atoms with Crippen LogP contribution in [0.15, 0.2) is 18.2 Å². The Kier molecular flexibility index (Phi) is 2.78. The normalized spacial score (nSPS) is 32.0. The second kappa shape index (κ2) is 4.29. The number of nitrogens with one attached hydrogen (secondary N) is 2. The quantitative estimate of drug-likeness (QED) is 0.664. The summed E-state index contributed by atoms with van der Waals surface area (Å²) in [5.74, 6) is 1.01. The van der Waals surface area contributed by atoms with Gasteiger partial charge in [-0.15, -0.1) is 0 Å². The average Bonchev–Trinajstić information content (AvgIpc) is 2.69. The fourth-order valence-corrected chi connectivity index (χ4v) is 2.51. The molecule has 1 aromatic carbocycles. The van der Waals surface area contributed by atoms with Crippen molar-refractivity contribution in [2.75, 3.05) is 13.1 Å². The molecule has 17 heavy (non-hydrogen) atoms. The van der Waals surface area contributed by atoms with Gasteiger partial charge >= 0.3 is 0 Å². The topological polar surface area (TPSA) is 53.5 Å². The molecule has 1 fully saturated rings. The fourth-order valence-electron chi connectivity index (χ4n) is 2.51. The molecule has 1 saturated heterocycles. The minimum Gasteiger partial charge on any atom is -0.490 e. The van der Waals surface area contributed by atoms with E-state index < -0.39 is 0 Å². The Morgan fingerprint density at radius 1 is 1.29 bits per heavy atom. The third-order valence-electron chi connectivity index (χ3n) is 3.37. The van der Waals surface area contributed by atoms with E-state index >= 15 is 0 Å². The van der Waals surface area contributed by atoms with Crippen LogP contribution in [0.5, 0.6) is 5.75 Å². The highest BCUT2D eigenvalue weighted by Gasteiger charge is 2.23. The van der Waals surface area contributed by atoms with Crippen LogP contribution in [0.3, 0.4) is 0 Å². The van der Waals surface area contributed by atoms with Crippen molar-refractivity contribution in [2.45, 2.75) is 31.7 Å².